The number of benzene rings is 2. The number of nitrogens with zero attached hydrogens (tertiary/aromatic N) is 1. The number of phenols is 1. The van der Waals surface area contributed by atoms with E-state index in [1.807, 2.05) is 12.1 Å². The summed E-state index contributed by atoms with van der Waals surface area (Å²) < 4.78 is 0. The maximum atomic E-state index is 11.9. The van der Waals surface area contributed by atoms with E-state index in [4.69, 9.17) is 0 Å². The number of nitro groups is 1. The van der Waals surface area contributed by atoms with Gasteiger partial charge in [-0.1, -0.05) is 25.5 Å². The molecule has 23 heavy (non-hydrogen) atoms. The number of anilines is 2. The number of phenolic OH excluding ortho intramolecular Hbond substituents is 1. The summed E-state index contributed by atoms with van der Waals surface area (Å²) in [6, 6.07) is 10.4. The van der Waals surface area contributed by atoms with Crippen LogP contribution in [0.4, 0.5) is 21.9 Å². The van der Waals surface area contributed by atoms with Crippen molar-refractivity contribution in [3.05, 3.63) is 58.1 Å². The van der Waals surface area contributed by atoms with Crippen LogP contribution in [0.15, 0.2) is 42.5 Å². The average molecular weight is 315 g/mol. The molecule has 0 spiro atoms. The van der Waals surface area contributed by atoms with E-state index in [1.54, 1.807) is 12.1 Å². The molecular weight excluding hydrogens is 298 g/mol. The molecule has 0 heterocycles. The molecule has 2 rings (SSSR count). The Bertz CT molecular complexity index is 714. The Morgan fingerprint density at radius 2 is 1.87 bits per heavy atom. The maximum Gasteiger partial charge on any atom is 0.323 e. The van der Waals surface area contributed by atoms with E-state index >= 15 is 0 Å². The molecule has 0 aliphatic rings. The molecule has 0 radical (unpaired) electrons. The number of nitrogens with one attached hydrogen (secondary N) is 2. The van der Waals surface area contributed by atoms with Gasteiger partial charge >= 0.3 is 6.03 Å². The minimum Gasteiger partial charge on any atom is -0.506 e. The van der Waals surface area contributed by atoms with E-state index in [0.717, 1.165) is 18.9 Å². The van der Waals surface area contributed by atoms with Crippen molar-refractivity contribution in [3.63, 3.8) is 0 Å². The fraction of sp³-hybridized carbons (Fsp3) is 0.188. The molecule has 2 amide bonds. The minimum absolute atomic E-state index is 0.0932. The number of hydrogen-bond donors (Lipinski definition) is 3. The number of rotatable bonds is 5. The number of carbonyl (C=O) groups is 1. The Morgan fingerprint density at radius 3 is 2.43 bits per heavy atom. The molecule has 0 atom stereocenters. The quantitative estimate of drug-likeness (QED) is 0.442. The third-order valence-electron chi connectivity index (χ3n) is 3.19. The lowest BCUT2D eigenvalue weighted by Gasteiger charge is -2.09. The van der Waals surface area contributed by atoms with Crippen molar-refractivity contribution in [2.75, 3.05) is 10.6 Å². The zero-order valence-corrected chi connectivity index (χ0v) is 12.6. The van der Waals surface area contributed by atoms with Gasteiger partial charge in [-0.3, -0.25) is 10.1 Å². The Balaban J connectivity index is 2.00. The van der Waals surface area contributed by atoms with Gasteiger partial charge in [-0.15, -0.1) is 0 Å². The highest BCUT2D eigenvalue weighted by atomic mass is 16.6. The fourth-order valence-corrected chi connectivity index (χ4v) is 2.07. The Morgan fingerprint density at radius 1 is 1.17 bits per heavy atom. The van der Waals surface area contributed by atoms with E-state index in [2.05, 4.69) is 17.6 Å². The summed E-state index contributed by atoms with van der Waals surface area (Å²) in [4.78, 5) is 21.9. The molecule has 0 aliphatic carbocycles. The number of non-ortho nitro benzene ring substituents is 1. The Labute approximate surface area is 133 Å². The van der Waals surface area contributed by atoms with E-state index < -0.39 is 11.0 Å². The number of aromatic hydroxyl groups is 1. The molecule has 0 fully saturated rings. The van der Waals surface area contributed by atoms with Crippen molar-refractivity contribution in [3.8, 4) is 5.75 Å². The zero-order valence-electron chi connectivity index (χ0n) is 12.6. The first kappa shape index (κ1) is 16.3. The smallest absolute Gasteiger partial charge is 0.323 e. The monoisotopic (exact) mass is 315 g/mol. The normalized spacial score (nSPS) is 10.1. The van der Waals surface area contributed by atoms with Crippen LogP contribution in [-0.4, -0.2) is 16.1 Å². The van der Waals surface area contributed by atoms with Crippen molar-refractivity contribution >= 4 is 23.1 Å². The molecule has 7 heteroatoms. The lowest BCUT2D eigenvalue weighted by atomic mass is 10.1. The molecule has 0 saturated carbocycles. The lowest BCUT2D eigenvalue weighted by Crippen LogP contribution is -2.19. The van der Waals surface area contributed by atoms with Crippen LogP contribution in [0.1, 0.15) is 18.9 Å². The second kappa shape index (κ2) is 7.26. The predicted octanol–water partition coefficient (Wildman–Crippen LogP) is 3.90. The van der Waals surface area contributed by atoms with Gasteiger partial charge in [0, 0.05) is 11.8 Å². The lowest BCUT2D eigenvalue weighted by molar-refractivity contribution is -0.384. The highest BCUT2D eigenvalue weighted by Crippen LogP contribution is 2.27. The zero-order chi connectivity index (χ0) is 16.8. The second-order valence-electron chi connectivity index (χ2n) is 4.98. The van der Waals surface area contributed by atoms with Gasteiger partial charge in [0.25, 0.3) is 5.69 Å². The maximum absolute atomic E-state index is 11.9. The van der Waals surface area contributed by atoms with Gasteiger partial charge in [-0.05, 0) is 30.2 Å². The van der Waals surface area contributed by atoms with E-state index in [-0.39, 0.29) is 17.1 Å². The van der Waals surface area contributed by atoms with Crippen LogP contribution in [0.5, 0.6) is 5.75 Å². The number of carbonyl (C=O) groups excluding carboxylic acids is 1. The van der Waals surface area contributed by atoms with Gasteiger partial charge in [-0.2, -0.15) is 0 Å². The number of amides is 2. The molecule has 120 valence electrons. The van der Waals surface area contributed by atoms with E-state index in [9.17, 15) is 20.0 Å². The van der Waals surface area contributed by atoms with Crippen LogP contribution in [0.3, 0.4) is 0 Å². The topological polar surface area (TPSA) is 104 Å². The molecular formula is C16H17N3O4. The standard InChI is InChI=1S/C16H17N3O4/c1-2-3-11-4-6-12(7-5-11)17-16(21)18-14-9-8-13(19(22)23)10-15(14)20/h4-10,20H,2-3H2,1H3,(H2,17,18,21). The van der Waals surface area contributed by atoms with Crippen molar-refractivity contribution < 1.29 is 14.8 Å². The number of nitro benzene ring substituents is 1. The van der Waals surface area contributed by atoms with E-state index in [1.165, 1.54) is 17.7 Å². The highest BCUT2D eigenvalue weighted by Gasteiger charge is 2.12. The van der Waals surface area contributed by atoms with Gasteiger partial charge in [0.05, 0.1) is 16.7 Å². The third kappa shape index (κ3) is 4.44. The summed E-state index contributed by atoms with van der Waals surface area (Å²) in [7, 11) is 0. The molecule has 0 saturated heterocycles. The first-order valence-electron chi connectivity index (χ1n) is 7.14. The molecule has 0 unspecified atom stereocenters. The molecule has 3 N–H and O–H groups in total. The minimum atomic E-state index is -0.624. The first-order valence-corrected chi connectivity index (χ1v) is 7.14. The van der Waals surface area contributed by atoms with Crippen LogP contribution < -0.4 is 10.6 Å². The summed E-state index contributed by atoms with van der Waals surface area (Å²) >= 11 is 0. The summed E-state index contributed by atoms with van der Waals surface area (Å²) in [5.41, 5.74) is 1.64. The van der Waals surface area contributed by atoms with Gasteiger partial charge < -0.3 is 15.7 Å². The fourth-order valence-electron chi connectivity index (χ4n) is 2.07. The molecule has 2 aromatic carbocycles. The van der Waals surface area contributed by atoms with Crippen LogP contribution in [0.25, 0.3) is 0 Å². The Kier molecular flexibility index (Phi) is 5.14. The number of urea groups is 1. The van der Waals surface area contributed by atoms with Gasteiger partial charge in [0.1, 0.15) is 5.75 Å². The van der Waals surface area contributed by atoms with Crippen molar-refractivity contribution in [2.24, 2.45) is 0 Å². The van der Waals surface area contributed by atoms with Gasteiger partial charge in [0.2, 0.25) is 0 Å². The molecule has 0 aliphatic heterocycles. The summed E-state index contributed by atoms with van der Waals surface area (Å²) in [5.74, 6) is -0.368. The molecule has 0 bridgehead atoms. The van der Waals surface area contributed by atoms with Crippen molar-refractivity contribution in [1.82, 2.24) is 0 Å². The van der Waals surface area contributed by atoms with Gasteiger partial charge in [-0.25, -0.2) is 4.79 Å². The third-order valence-corrected chi connectivity index (χ3v) is 3.19. The van der Waals surface area contributed by atoms with Crippen LogP contribution in [0, 0.1) is 10.1 Å². The molecule has 0 aromatic heterocycles. The largest absolute Gasteiger partial charge is 0.506 e. The summed E-state index contributed by atoms with van der Waals surface area (Å²) in [6.45, 7) is 2.09. The predicted molar refractivity (Wildman–Crippen MR) is 87.8 cm³/mol. The second-order valence-corrected chi connectivity index (χ2v) is 4.98. The summed E-state index contributed by atoms with van der Waals surface area (Å²) in [6.07, 6.45) is 2.02. The van der Waals surface area contributed by atoms with Crippen LogP contribution >= 0.6 is 0 Å². The van der Waals surface area contributed by atoms with Crippen LogP contribution in [0.2, 0.25) is 0 Å². The SMILES string of the molecule is CCCc1ccc(NC(=O)Nc2ccc([N+](=O)[O-])cc2O)cc1. The van der Waals surface area contributed by atoms with Crippen molar-refractivity contribution in [1.29, 1.82) is 0 Å². The van der Waals surface area contributed by atoms with Crippen molar-refractivity contribution in [2.45, 2.75) is 19.8 Å². The number of hydrogen-bond acceptors (Lipinski definition) is 4. The molecule has 7 nitrogen and oxygen atoms in total. The molecule has 2 aromatic rings. The van der Waals surface area contributed by atoms with Gasteiger partial charge in [0.15, 0.2) is 0 Å². The highest BCUT2D eigenvalue weighted by molar-refractivity contribution is 6.00. The van der Waals surface area contributed by atoms with Crippen LogP contribution in [-0.2, 0) is 6.42 Å². The Hall–Kier alpha value is -3.09. The first-order chi connectivity index (χ1) is 11.0. The average Bonchev–Trinajstić information content (AvgIpc) is 2.51. The number of aryl methyl sites for hydroxylation is 1. The van der Waals surface area contributed by atoms with E-state index in [0.29, 0.717) is 5.69 Å². The summed E-state index contributed by atoms with van der Waals surface area (Å²) in [5, 5.41) is 25.4.